The first-order chi connectivity index (χ1) is 9.11. The highest BCUT2D eigenvalue weighted by molar-refractivity contribution is 9.10. The summed E-state index contributed by atoms with van der Waals surface area (Å²) in [5.74, 6) is 0.0587. The summed E-state index contributed by atoms with van der Waals surface area (Å²) in [7, 11) is 0. The molecule has 98 valence electrons. The van der Waals surface area contributed by atoms with Gasteiger partial charge in [-0.25, -0.2) is 4.39 Å². The first kappa shape index (κ1) is 14.0. The third-order valence-electron chi connectivity index (χ3n) is 2.51. The molecule has 0 N–H and O–H groups in total. The van der Waals surface area contributed by atoms with Crippen LogP contribution < -0.4 is 4.74 Å². The minimum absolute atomic E-state index is 0.154. The predicted octanol–water partition coefficient (Wildman–Crippen LogP) is 4.63. The van der Waals surface area contributed by atoms with Gasteiger partial charge in [0, 0.05) is 10.6 Å². The van der Waals surface area contributed by atoms with Crippen molar-refractivity contribution in [2.45, 2.75) is 6.61 Å². The van der Waals surface area contributed by atoms with Gasteiger partial charge in [0.25, 0.3) is 0 Å². The van der Waals surface area contributed by atoms with E-state index >= 15 is 0 Å². The van der Waals surface area contributed by atoms with Crippen molar-refractivity contribution in [3.63, 3.8) is 0 Å². The highest BCUT2D eigenvalue weighted by atomic mass is 79.9. The molecule has 0 fully saturated rings. The molecule has 2 nitrogen and oxygen atoms in total. The Labute approximate surface area is 123 Å². The van der Waals surface area contributed by atoms with Gasteiger partial charge in [-0.05, 0) is 40.2 Å². The highest BCUT2D eigenvalue weighted by Crippen LogP contribution is 2.25. The zero-order valence-corrected chi connectivity index (χ0v) is 12.0. The minimum atomic E-state index is -0.354. The van der Waals surface area contributed by atoms with Crippen LogP contribution in [0.4, 0.5) is 4.39 Å². The molecule has 19 heavy (non-hydrogen) atoms. The fourth-order valence-corrected chi connectivity index (χ4v) is 2.12. The van der Waals surface area contributed by atoms with Crippen molar-refractivity contribution in [1.82, 2.24) is 0 Å². The summed E-state index contributed by atoms with van der Waals surface area (Å²) in [5.41, 5.74) is 1.02. The summed E-state index contributed by atoms with van der Waals surface area (Å²) in [4.78, 5) is 10.9. The molecule has 0 amide bonds. The van der Waals surface area contributed by atoms with Crippen molar-refractivity contribution in [2.24, 2.45) is 0 Å². The maximum atomic E-state index is 13.3. The number of halogens is 3. The van der Waals surface area contributed by atoms with Crippen LogP contribution in [0.2, 0.25) is 5.02 Å². The number of aldehydes is 1. The second-order valence-electron chi connectivity index (χ2n) is 3.80. The van der Waals surface area contributed by atoms with Gasteiger partial charge < -0.3 is 4.74 Å². The van der Waals surface area contributed by atoms with Crippen molar-refractivity contribution >= 4 is 33.8 Å². The Kier molecular flexibility index (Phi) is 4.56. The Morgan fingerprint density at radius 3 is 2.84 bits per heavy atom. The van der Waals surface area contributed by atoms with Crippen molar-refractivity contribution < 1.29 is 13.9 Å². The Bertz CT molecular complexity index is 616. The van der Waals surface area contributed by atoms with Gasteiger partial charge in [-0.1, -0.05) is 23.7 Å². The van der Waals surface area contributed by atoms with Gasteiger partial charge in [0.05, 0.1) is 10.0 Å². The molecule has 0 aliphatic heterocycles. The number of carbonyl (C=O) groups excluding carboxylic acids is 1. The molecular formula is C14H9BrClFO2. The van der Waals surface area contributed by atoms with Gasteiger partial charge in [-0.2, -0.15) is 0 Å². The second kappa shape index (κ2) is 6.17. The normalized spacial score (nSPS) is 10.3. The highest BCUT2D eigenvalue weighted by Gasteiger charge is 2.08. The standard InChI is InChI=1S/C14H9BrClFO2/c15-14-9(2-1-3-12(14)17)8-19-13-5-4-11(16)6-10(13)7-18/h1-7H,8H2. The van der Waals surface area contributed by atoms with E-state index in [-0.39, 0.29) is 12.4 Å². The van der Waals surface area contributed by atoms with Crippen LogP contribution >= 0.6 is 27.5 Å². The van der Waals surface area contributed by atoms with Crippen molar-refractivity contribution in [1.29, 1.82) is 0 Å². The summed E-state index contributed by atoms with van der Waals surface area (Å²) in [5, 5.41) is 0.460. The van der Waals surface area contributed by atoms with Gasteiger partial charge in [-0.3, -0.25) is 4.79 Å². The van der Waals surface area contributed by atoms with E-state index in [1.807, 2.05) is 0 Å². The summed E-state index contributed by atoms with van der Waals surface area (Å²) >= 11 is 8.94. The first-order valence-electron chi connectivity index (χ1n) is 5.42. The fourth-order valence-electron chi connectivity index (χ4n) is 1.56. The summed E-state index contributed by atoms with van der Waals surface area (Å²) in [6, 6.07) is 9.45. The van der Waals surface area contributed by atoms with E-state index in [2.05, 4.69) is 15.9 Å². The van der Waals surface area contributed by atoms with Crippen LogP contribution in [0.5, 0.6) is 5.75 Å². The van der Waals surface area contributed by atoms with E-state index in [1.54, 1.807) is 24.3 Å². The SMILES string of the molecule is O=Cc1cc(Cl)ccc1OCc1cccc(F)c1Br. The predicted molar refractivity (Wildman–Crippen MR) is 75.3 cm³/mol. The van der Waals surface area contributed by atoms with E-state index in [1.165, 1.54) is 12.1 Å². The Balaban J connectivity index is 2.19. The van der Waals surface area contributed by atoms with Crippen molar-refractivity contribution in [3.05, 3.63) is 62.8 Å². The molecule has 0 aliphatic carbocycles. The lowest BCUT2D eigenvalue weighted by atomic mass is 10.2. The van der Waals surface area contributed by atoms with E-state index in [0.717, 1.165) is 0 Å². The molecule has 5 heteroatoms. The zero-order chi connectivity index (χ0) is 13.8. The first-order valence-corrected chi connectivity index (χ1v) is 6.59. The van der Waals surface area contributed by atoms with Crippen molar-refractivity contribution in [2.75, 3.05) is 0 Å². The molecule has 0 saturated heterocycles. The van der Waals surface area contributed by atoms with Crippen LogP contribution in [0, 0.1) is 5.82 Å². The molecular weight excluding hydrogens is 335 g/mol. The van der Waals surface area contributed by atoms with Gasteiger partial charge in [-0.15, -0.1) is 0 Å². The van der Waals surface area contributed by atoms with E-state index < -0.39 is 0 Å². The average Bonchev–Trinajstić information content (AvgIpc) is 2.41. The van der Waals surface area contributed by atoms with Crippen LogP contribution in [-0.2, 0) is 6.61 Å². The Hall–Kier alpha value is -1.39. The summed E-state index contributed by atoms with van der Waals surface area (Å²) in [6.45, 7) is 0.154. The second-order valence-corrected chi connectivity index (χ2v) is 5.03. The number of rotatable bonds is 4. The Morgan fingerprint density at radius 1 is 1.32 bits per heavy atom. The lowest BCUT2D eigenvalue weighted by Gasteiger charge is -2.10. The Morgan fingerprint density at radius 2 is 2.11 bits per heavy atom. The summed E-state index contributed by atoms with van der Waals surface area (Å²) in [6.07, 6.45) is 0.668. The smallest absolute Gasteiger partial charge is 0.153 e. The number of ether oxygens (including phenoxy) is 1. The van der Waals surface area contributed by atoms with Gasteiger partial charge >= 0.3 is 0 Å². The van der Waals surface area contributed by atoms with Gasteiger partial charge in [0.1, 0.15) is 18.2 Å². The topological polar surface area (TPSA) is 26.3 Å². The van der Waals surface area contributed by atoms with Crippen LogP contribution in [-0.4, -0.2) is 6.29 Å². The van der Waals surface area contributed by atoms with Crippen molar-refractivity contribution in [3.8, 4) is 5.75 Å². The lowest BCUT2D eigenvalue weighted by Crippen LogP contribution is -2.00. The third-order valence-corrected chi connectivity index (χ3v) is 3.64. The van der Waals surface area contributed by atoms with E-state index in [9.17, 15) is 9.18 Å². The molecule has 0 radical (unpaired) electrons. The number of carbonyl (C=O) groups is 1. The molecule has 0 unspecified atom stereocenters. The van der Waals surface area contributed by atoms with Gasteiger partial charge in [0.15, 0.2) is 6.29 Å². The van der Waals surface area contributed by atoms with Gasteiger partial charge in [0.2, 0.25) is 0 Å². The molecule has 0 aliphatic rings. The third kappa shape index (κ3) is 3.33. The number of hydrogen-bond acceptors (Lipinski definition) is 2. The molecule has 0 aromatic heterocycles. The van der Waals surface area contributed by atoms with Crippen LogP contribution in [0.1, 0.15) is 15.9 Å². The molecule has 2 aromatic rings. The maximum Gasteiger partial charge on any atom is 0.153 e. The lowest BCUT2D eigenvalue weighted by molar-refractivity contribution is 0.111. The molecule has 0 bridgehead atoms. The van der Waals surface area contributed by atoms with Crippen LogP contribution in [0.15, 0.2) is 40.9 Å². The molecule has 0 heterocycles. The quantitative estimate of drug-likeness (QED) is 0.756. The average molecular weight is 344 g/mol. The number of benzene rings is 2. The van der Waals surface area contributed by atoms with Crippen LogP contribution in [0.25, 0.3) is 0 Å². The van der Waals surface area contributed by atoms with Crippen LogP contribution in [0.3, 0.4) is 0 Å². The molecule has 0 saturated carbocycles. The fraction of sp³-hybridized carbons (Fsp3) is 0.0714. The maximum absolute atomic E-state index is 13.3. The van der Waals surface area contributed by atoms with E-state index in [0.29, 0.717) is 32.7 Å². The monoisotopic (exact) mass is 342 g/mol. The minimum Gasteiger partial charge on any atom is -0.488 e. The zero-order valence-electron chi connectivity index (χ0n) is 9.70. The van der Waals surface area contributed by atoms with E-state index in [4.69, 9.17) is 16.3 Å². The molecule has 2 rings (SSSR count). The molecule has 0 spiro atoms. The molecule has 2 aromatic carbocycles. The summed E-state index contributed by atoms with van der Waals surface area (Å²) < 4.78 is 19.2. The largest absolute Gasteiger partial charge is 0.488 e. The molecule has 0 atom stereocenters. The number of hydrogen-bond donors (Lipinski definition) is 0.